The third-order valence-corrected chi connectivity index (χ3v) is 6.13. The Morgan fingerprint density at radius 2 is 2.03 bits per heavy atom. The molecule has 3 aromatic rings. The number of aryl methyl sites for hydroxylation is 1. The van der Waals surface area contributed by atoms with E-state index in [1.807, 2.05) is 7.05 Å². The number of rotatable bonds is 7. The minimum Gasteiger partial charge on any atom is -0.492 e. The van der Waals surface area contributed by atoms with Gasteiger partial charge in [0.1, 0.15) is 24.0 Å². The third kappa shape index (κ3) is 6.56. The zero-order valence-corrected chi connectivity index (χ0v) is 20.8. The van der Waals surface area contributed by atoms with E-state index in [0.29, 0.717) is 24.1 Å². The number of anilines is 2. The third-order valence-electron chi connectivity index (χ3n) is 5.55. The van der Waals surface area contributed by atoms with Crippen LogP contribution in [0.3, 0.4) is 0 Å². The zero-order chi connectivity index (χ0) is 24.8. The second kappa shape index (κ2) is 11.6. The van der Waals surface area contributed by atoms with Crippen LogP contribution in [-0.4, -0.2) is 60.2 Å². The Bertz CT molecular complexity index is 1160. The summed E-state index contributed by atoms with van der Waals surface area (Å²) in [5.41, 5.74) is 1.83. The summed E-state index contributed by atoms with van der Waals surface area (Å²) in [6.07, 6.45) is 2.68. The second-order valence-electron chi connectivity index (χ2n) is 8.03. The summed E-state index contributed by atoms with van der Waals surface area (Å²) in [7, 11) is 1.81. The molecule has 186 valence electrons. The van der Waals surface area contributed by atoms with Crippen molar-refractivity contribution in [3.05, 3.63) is 58.7 Å². The summed E-state index contributed by atoms with van der Waals surface area (Å²) < 4.78 is 41.1. The maximum atomic E-state index is 13.9. The fraction of sp³-hybridized carbons (Fsp3) is 0.333. The van der Waals surface area contributed by atoms with Gasteiger partial charge in [0, 0.05) is 50.6 Å². The molecule has 0 spiro atoms. The van der Waals surface area contributed by atoms with Crippen LogP contribution in [0.2, 0.25) is 0 Å². The number of ether oxygens (including phenoxy) is 2. The summed E-state index contributed by atoms with van der Waals surface area (Å²) >= 11 is 3.53. The topological polar surface area (TPSA) is 80.7 Å². The molecule has 0 bridgehead atoms. The zero-order valence-electron chi connectivity index (χ0n) is 19.2. The van der Waals surface area contributed by atoms with Crippen LogP contribution in [0.4, 0.5) is 25.0 Å². The van der Waals surface area contributed by atoms with Gasteiger partial charge in [0.05, 0.1) is 28.7 Å². The number of hydrogen-bond acceptors (Lipinski definition) is 5. The van der Waals surface area contributed by atoms with Crippen molar-refractivity contribution in [2.45, 2.75) is 6.42 Å². The number of benzene rings is 2. The first-order chi connectivity index (χ1) is 16.9. The lowest BCUT2D eigenvalue weighted by molar-refractivity contribution is 0.137. The largest absolute Gasteiger partial charge is 0.492 e. The van der Waals surface area contributed by atoms with Crippen LogP contribution in [0.1, 0.15) is 6.42 Å². The molecule has 1 aliphatic heterocycles. The minimum absolute atomic E-state index is 0.127. The number of hydrogen-bond donors (Lipinski definition) is 2. The molecule has 1 aliphatic rings. The molecular formula is C24H26BrF2N5O3. The predicted molar refractivity (Wildman–Crippen MR) is 133 cm³/mol. The lowest BCUT2D eigenvalue weighted by Crippen LogP contribution is -2.30. The number of nitrogens with zero attached hydrogens (tertiary/aromatic N) is 3. The van der Waals surface area contributed by atoms with Crippen LogP contribution < -0.4 is 15.4 Å². The molecule has 0 aliphatic carbocycles. The average molecular weight is 550 g/mol. The van der Waals surface area contributed by atoms with E-state index in [0.717, 1.165) is 67.1 Å². The number of halogens is 3. The highest BCUT2D eigenvalue weighted by Crippen LogP contribution is 2.36. The Hall–Kier alpha value is -3.02. The summed E-state index contributed by atoms with van der Waals surface area (Å²) in [4.78, 5) is 14.8. The Kier molecular flexibility index (Phi) is 8.32. The number of urea groups is 1. The molecule has 1 aromatic heterocycles. The van der Waals surface area contributed by atoms with Crippen LogP contribution in [0, 0.1) is 11.6 Å². The van der Waals surface area contributed by atoms with Gasteiger partial charge in [-0.05, 0) is 52.7 Å². The smallest absolute Gasteiger partial charge is 0.323 e. The number of nitrogens with one attached hydrogen (secondary N) is 2. The van der Waals surface area contributed by atoms with Crippen molar-refractivity contribution < 1.29 is 23.0 Å². The van der Waals surface area contributed by atoms with Crippen molar-refractivity contribution in [3.63, 3.8) is 0 Å². The van der Waals surface area contributed by atoms with Crippen LogP contribution in [-0.2, 0) is 11.8 Å². The van der Waals surface area contributed by atoms with Crippen molar-refractivity contribution in [1.82, 2.24) is 14.7 Å². The maximum absolute atomic E-state index is 13.9. The van der Waals surface area contributed by atoms with Gasteiger partial charge in [0.25, 0.3) is 0 Å². The highest BCUT2D eigenvalue weighted by atomic mass is 79.9. The molecule has 4 rings (SSSR count). The molecule has 1 saturated heterocycles. The van der Waals surface area contributed by atoms with Gasteiger partial charge in [0.2, 0.25) is 0 Å². The van der Waals surface area contributed by atoms with Crippen LogP contribution in [0.15, 0.2) is 47.1 Å². The first-order valence-electron chi connectivity index (χ1n) is 11.2. The van der Waals surface area contributed by atoms with Crippen LogP contribution in [0.25, 0.3) is 11.3 Å². The summed E-state index contributed by atoms with van der Waals surface area (Å²) in [5, 5.41) is 9.35. The SMILES string of the molecule is Cn1ncc(Br)c1-c1cc(NC(=O)Nc2ccc(F)cc2F)ccc1OCCN1CCCOCC1. The number of carbonyl (C=O) groups is 1. The van der Waals surface area contributed by atoms with Crippen molar-refractivity contribution in [3.8, 4) is 17.0 Å². The van der Waals surface area contributed by atoms with Gasteiger partial charge < -0.3 is 20.1 Å². The van der Waals surface area contributed by atoms with E-state index >= 15 is 0 Å². The molecule has 2 amide bonds. The molecule has 35 heavy (non-hydrogen) atoms. The van der Waals surface area contributed by atoms with Crippen molar-refractivity contribution in [2.75, 3.05) is 50.1 Å². The molecular weight excluding hydrogens is 524 g/mol. The van der Waals surface area contributed by atoms with E-state index in [-0.39, 0.29) is 5.69 Å². The molecule has 0 atom stereocenters. The van der Waals surface area contributed by atoms with Crippen molar-refractivity contribution >= 4 is 33.3 Å². The number of carbonyl (C=O) groups excluding carboxylic acids is 1. The van der Waals surface area contributed by atoms with Gasteiger partial charge in [-0.1, -0.05) is 0 Å². The molecule has 8 nitrogen and oxygen atoms in total. The lowest BCUT2D eigenvalue weighted by Gasteiger charge is -2.20. The monoisotopic (exact) mass is 549 g/mol. The fourth-order valence-electron chi connectivity index (χ4n) is 3.81. The molecule has 1 fully saturated rings. The van der Waals surface area contributed by atoms with E-state index in [2.05, 4.69) is 36.6 Å². The summed E-state index contributed by atoms with van der Waals surface area (Å²) in [5.74, 6) is -0.949. The highest BCUT2D eigenvalue weighted by Gasteiger charge is 2.17. The fourth-order valence-corrected chi connectivity index (χ4v) is 4.38. The summed E-state index contributed by atoms with van der Waals surface area (Å²) in [6, 6.07) is 7.51. The quantitative estimate of drug-likeness (QED) is 0.439. The van der Waals surface area contributed by atoms with Gasteiger partial charge in [-0.15, -0.1) is 0 Å². The van der Waals surface area contributed by atoms with Gasteiger partial charge in [-0.3, -0.25) is 9.58 Å². The Labute approximate surface area is 210 Å². The maximum Gasteiger partial charge on any atom is 0.323 e. The summed E-state index contributed by atoms with van der Waals surface area (Å²) in [6.45, 7) is 4.59. The Morgan fingerprint density at radius 3 is 2.80 bits per heavy atom. The molecule has 11 heteroatoms. The lowest BCUT2D eigenvalue weighted by atomic mass is 10.1. The second-order valence-corrected chi connectivity index (χ2v) is 8.89. The Morgan fingerprint density at radius 1 is 1.17 bits per heavy atom. The van der Waals surface area contributed by atoms with Crippen LogP contribution >= 0.6 is 15.9 Å². The van der Waals surface area contributed by atoms with Gasteiger partial charge >= 0.3 is 6.03 Å². The standard InChI is InChI=1S/C24H26BrF2N5O3/c1-31-23(19(25)15-28-31)18-14-17(29-24(33)30-21-5-3-16(26)13-20(21)27)4-6-22(18)35-12-9-32-7-2-10-34-11-8-32/h3-6,13-15H,2,7-12H2,1H3,(H2,29,30,33). The van der Waals surface area contributed by atoms with Gasteiger partial charge in [-0.25, -0.2) is 13.6 Å². The van der Waals surface area contributed by atoms with Gasteiger partial charge in [-0.2, -0.15) is 5.10 Å². The first-order valence-corrected chi connectivity index (χ1v) is 12.0. The van der Waals surface area contributed by atoms with E-state index < -0.39 is 17.7 Å². The number of amides is 2. The first kappa shape index (κ1) is 25.1. The molecule has 2 heterocycles. The molecule has 2 aromatic carbocycles. The predicted octanol–water partition coefficient (Wildman–Crippen LogP) is 4.87. The Balaban J connectivity index is 1.50. The molecule has 0 saturated carbocycles. The van der Waals surface area contributed by atoms with Crippen molar-refractivity contribution in [1.29, 1.82) is 0 Å². The number of aromatic nitrogens is 2. The normalized spacial score (nSPS) is 14.4. The van der Waals surface area contributed by atoms with E-state index in [9.17, 15) is 13.6 Å². The van der Waals surface area contributed by atoms with Crippen molar-refractivity contribution in [2.24, 2.45) is 7.05 Å². The minimum atomic E-state index is -0.862. The highest BCUT2D eigenvalue weighted by molar-refractivity contribution is 9.10. The molecule has 2 N–H and O–H groups in total. The molecule has 0 unspecified atom stereocenters. The van der Waals surface area contributed by atoms with E-state index in [4.69, 9.17) is 9.47 Å². The van der Waals surface area contributed by atoms with E-state index in [1.165, 1.54) is 0 Å². The molecule has 0 radical (unpaired) electrons. The van der Waals surface area contributed by atoms with Gasteiger partial charge in [0.15, 0.2) is 0 Å². The van der Waals surface area contributed by atoms with Crippen LogP contribution in [0.5, 0.6) is 5.75 Å². The average Bonchev–Trinajstić information content (AvgIpc) is 3.00. The van der Waals surface area contributed by atoms with E-state index in [1.54, 1.807) is 29.1 Å².